The fourth-order valence-electron chi connectivity index (χ4n) is 4.99. The number of hydrogen-bond donors (Lipinski definition) is 8. The number of hydrogen-bond acceptors (Lipinski definition) is 18. The van der Waals surface area contributed by atoms with Gasteiger partial charge in [0.1, 0.15) is 34.4 Å². The highest BCUT2D eigenvalue weighted by atomic mass is 32.2. The average molecular weight is 786 g/mol. The number of β-lactam (4-membered cyclic amide) rings is 1. The van der Waals surface area contributed by atoms with Crippen molar-refractivity contribution in [3.8, 4) is 11.5 Å². The minimum absolute atomic E-state index is 0.0323. The third-order valence-electron chi connectivity index (χ3n) is 7.41. The lowest BCUT2D eigenvalue weighted by Crippen LogP contribution is -2.71. The van der Waals surface area contributed by atoms with Gasteiger partial charge < -0.3 is 36.3 Å². The van der Waals surface area contributed by atoms with Crippen LogP contribution in [0, 0.1) is 6.92 Å². The maximum Gasteiger partial charge on any atom is 0.352 e. The summed E-state index contributed by atoms with van der Waals surface area (Å²) in [6, 6.07) is 3.86. The number of phenolic OH excluding ortho intramolecular Hbond substituents is 2. The third-order valence-corrected chi connectivity index (χ3v) is 10.5. The molecule has 1 saturated heterocycles. The van der Waals surface area contributed by atoms with Gasteiger partial charge in [0, 0.05) is 28.1 Å². The first kappa shape index (κ1) is 36.8. The zero-order valence-corrected chi connectivity index (χ0v) is 29.5. The number of nitrogen functional groups attached to an aromatic ring is 1. The number of oxime groups is 1. The number of hydrazine groups is 1. The lowest BCUT2D eigenvalue weighted by Gasteiger charge is -2.49. The molecule has 5 heterocycles. The quantitative estimate of drug-likeness (QED) is 0.0215. The number of phenols is 2. The summed E-state index contributed by atoms with van der Waals surface area (Å²) < 4.78 is 1.44. The number of anilines is 1. The number of thioether (sulfide) groups is 2. The number of benzene rings is 1. The molecule has 2 aliphatic heterocycles. The highest BCUT2D eigenvalue weighted by molar-refractivity contribution is 8.01. The monoisotopic (exact) mass is 785 g/mol. The first-order chi connectivity index (χ1) is 25.3. The van der Waals surface area contributed by atoms with Crippen LogP contribution in [0.5, 0.6) is 11.5 Å². The Hall–Kier alpha value is -5.98. The highest BCUT2D eigenvalue weighted by Gasteiger charge is 2.54. The summed E-state index contributed by atoms with van der Waals surface area (Å²) in [4.78, 5) is 82.4. The third kappa shape index (κ3) is 7.79. The van der Waals surface area contributed by atoms with E-state index in [1.165, 1.54) is 39.5 Å². The van der Waals surface area contributed by atoms with Crippen LogP contribution in [0.4, 0.5) is 5.13 Å². The maximum absolute atomic E-state index is 13.4. The number of amides is 4. The number of aromatic hydroxyl groups is 2. The van der Waals surface area contributed by atoms with Gasteiger partial charge in [-0.25, -0.2) is 14.8 Å². The van der Waals surface area contributed by atoms with Crippen LogP contribution in [0.3, 0.4) is 0 Å². The second-order valence-electron chi connectivity index (χ2n) is 11.0. The number of nitrogens with one attached hydrogen (secondary N) is 3. The van der Waals surface area contributed by atoms with E-state index in [-0.39, 0.29) is 51.8 Å². The van der Waals surface area contributed by atoms with Crippen LogP contribution in [0.1, 0.15) is 27.6 Å². The number of carboxylic acids is 1. The molecular weight excluding hydrogens is 759 g/mol. The van der Waals surface area contributed by atoms with Crippen molar-refractivity contribution in [2.75, 3.05) is 23.8 Å². The Labute approximate surface area is 309 Å². The number of aliphatic hydroxyl groups excluding tert-OH is 1. The minimum atomic E-state index is -1.33. The Bertz CT molecular complexity index is 2220. The normalized spacial score (nSPS) is 16.9. The van der Waals surface area contributed by atoms with Gasteiger partial charge in [0.15, 0.2) is 34.8 Å². The fourth-order valence-corrected chi connectivity index (χ4v) is 8.07. The van der Waals surface area contributed by atoms with Crippen molar-refractivity contribution < 1.29 is 49.2 Å². The molecule has 276 valence electrons. The van der Waals surface area contributed by atoms with Gasteiger partial charge in [-0.3, -0.25) is 34.9 Å². The Balaban J connectivity index is 1.10. The number of carboxylic acid groups (broad SMARTS) is 1. The second-order valence-corrected chi connectivity index (χ2v) is 14.0. The molecule has 6 rings (SSSR count). The minimum Gasteiger partial charge on any atom is -0.504 e. The van der Waals surface area contributed by atoms with Gasteiger partial charge in [-0.05, 0) is 36.8 Å². The Kier molecular flexibility index (Phi) is 10.6. The number of fused-ring (bicyclic) bond motifs is 2. The summed E-state index contributed by atoms with van der Waals surface area (Å²) in [7, 11) is 0. The molecule has 2 atom stereocenters. The van der Waals surface area contributed by atoms with Gasteiger partial charge in [-0.1, -0.05) is 5.16 Å². The smallest absolute Gasteiger partial charge is 0.352 e. The number of carbonyl (C=O) groups excluding carboxylic acids is 4. The number of aryl methyl sites for hydroxylation is 1. The van der Waals surface area contributed by atoms with Crippen molar-refractivity contribution in [3.05, 3.63) is 63.7 Å². The summed E-state index contributed by atoms with van der Waals surface area (Å²) in [5, 5.41) is 50.3. The fraction of sp³-hybridized carbons (Fsp3) is 0.241. The van der Waals surface area contributed by atoms with E-state index in [1.807, 2.05) is 0 Å². The number of aromatic nitrogens is 5. The van der Waals surface area contributed by atoms with Crippen molar-refractivity contribution in [1.29, 1.82) is 0 Å². The molecule has 0 saturated carbocycles. The highest BCUT2D eigenvalue weighted by Crippen LogP contribution is 2.41. The molecule has 1 aromatic carbocycles. The molecule has 2 aliphatic rings. The SMILES string of the molecule is Cc1cc(SCC2=C(C(=O)O)N3C(=O)C(NC(=O)C(=NOCC(=O)NNC(=O)c4ccc(O)c(O)c4)c4csc(N)n4)[C@@H]3SC2)n2nc(CO)nc2n1. The van der Waals surface area contributed by atoms with E-state index >= 15 is 0 Å². The van der Waals surface area contributed by atoms with E-state index in [9.17, 15) is 44.4 Å². The topological polar surface area (TPSA) is 309 Å². The van der Waals surface area contributed by atoms with E-state index in [4.69, 9.17) is 10.6 Å². The molecular formula is C29H27N11O10S3. The predicted molar refractivity (Wildman–Crippen MR) is 186 cm³/mol. The summed E-state index contributed by atoms with van der Waals surface area (Å²) in [6.45, 7) is 0.582. The van der Waals surface area contributed by atoms with Crippen molar-refractivity contribution in [2.24, 2.45) is 5.16 Å². The molecule has 3 aromatic heterocycles. The van der Waals surface area contributed by atoms with Crippen LogP contribution in [0.2, 0.25) is 0 Å². The molecule has 0 spiro atoms. The van der Waals surface area contributed by atoms with E-state index in [1.54, 1.807) is 13.0 Å². The first-order valence-corrected chi connectivity index (χ1v) is 18.0. The largest absolute Gasteiger partial charge is 0.504 e. The molecule has 4 aromatic rings. The second kappa shape index (κ2) is 15.3. The van der Waals surface area contributed by atoms with Crippen LogP contribution < -0.4 is 21.9 Å². The van der Waals surface area contributed by atoms with Gasteiger partial charge in [0.25, 0.3) is 29.4 Å². The van der Waals surface area contributed by atoms with Gasteiger partial charge in [-0.2, -0.15) is 9.50 Å². The number of rotatable bonds is 12. The van der Waals surface area contributed by atoms with Crippen molar-refractivity contribution in [1.82, 2.24) is 45.6 Å². The summed E-state index contributed by atoms with van der Waals surface area (Å²) in [5.74, 6) is -4.81. The van der Waals surface area contributed by atoms with E-state index < -0.39 is 64.8 Å². The number of nitrogens with zero attached hydrogens (tertiary/aromatic N) is 7. The van der Waals surface area contributed by atoms with E-state index in [0.717, 1.165) is 28.4 Å². The van der Waals surface area contributed by atoms with Crippen molar-refractivity contribution in [2.45, 2.75) is 30.0 Å². The van der Waals surface area contributed by atoms with Gasteiger partial charge >= 0.3 is 5.97 Å². The number of carbonyl (C=O) groups is 5. The zero-order chi connectivity index (χ0) is 38.0. The summed E-state index contributed by atoms with van der Waals surface area (Å²) in [5.41, 5.74) is 10.2. The van der Waals surface area contributed by atoms with Gasteiger partial charge in [0.2, 0.25) is 0 Å². The molecule has 24 heteroatoms. The van der Waals surface area contributed by atoms with Crippen LogP contribution in [0.25, 0.3) is 5.78 Å². The Morgan fingerprint density at radius 2 is 1.92 bits per heavy atom. The molecule has 9 N–H and O–H groups in total. The van der Waals surface area contributed by atoms with Crippen molar-refractivity contribution >= 4 is 81.1 Å². The molecule has 0 aliphatic carbocycles. The molecule has 1 fully saturated rings. The van der Waals surface area contributed by atoms with Crippen LogP contribution in [-0.4, -0.2) is 115 Å². The van der Waals surface area contributed by atoms with Crippen LogP contribution in [-0.2, 0) is 30.6 Å². The average Bonchev–Trinajstić information content (AvgIpc) is 3.76. The molecule has 0 bridgehead atoms. The van der Waals surface area contributed by atoms with Gasteiger partial charge in [0.05, 0.1) is 0 Å². The molecule has 21 nitrogen and oxygen atoms in total. The lowest BCUT2D eigenvalue weighted by atomic mass is 10.0. The van der Waals surface area contributed by atoms with E-state index in [0.29, 0.717) is 16.3 Å². The maximum atomic E-state index is 13.4. The number of thiazole rings is 1. The number of nitrogens with two attached hydrogens (primary N) is 1. The van der Waals surface area contributed by atoms with E-state index in [2.05, 4.69) is 41.4 Å². The number of aliphatic carboxylic acids is 1. The molecule has 1 unspecified atom stereocenters. The lowest BCUT2D eigenvalue weighted by molar-refractivity contribution is -0.150. The Morgan fingerprint density at radius 3 is 2.62 bits per heavy atom. The van der Waals surface area contributed by atoms with Crippen molar-refractivity contribution in [3.63, 3.8) is 0 Å². The standard InChI is InChI=1S/C29H27N11O10S3/c1-11-4-19(40-29(31-11)33-17(6-41)37-40)51-8-13-9-52-26-21(25(47)39(26)22(13)27(48)49)34-24(46)20(14-10-53-28(30)32-14)38-50-7-18(44)35-36-23(45)12-2-3-15(42)16(43)5-12/h2-5,10,21,26,41-43H,6-9H2,1H3,(H2,30,32)(H,34,46)(H,35,44)(H,36,45)(H,48,49)/t21?,26-/m0/s1. The first-order valence-electron chi connectivity index (χ1n) is 15.0. The van der Waals surface area contributed by atoms with Crippen LogP contribution in [0.15, 0.2) is 51.1 Å². The molecule has 0 radical (unpaired) electrons. The van der Waals surface area contributed by atoms with Gasteiger partial charge in [-0.15, -0.1) is 40.0 Å². The molecule has 53 heavy (non-hydrogen) atoms. The summed E-state index contributed by atoms with van der Waals surface area (Å²) in [6.07, 6.45) is 0. The predicted octanol–water partition coefficient (Wildman–Crippen LogP) is -0.912. The number of aliphatic hydroxyl groups is 1. The summed E-state index contributed by atoms with van der Waals surface area (Å²) >= 11 is 3.48. The Morgan fingerprint density at radius 1 is 1.13 bits per heavy atom. The zero-order valence-electron chi connectivity index (χ0n) is 27.0. The van der Waals surface area contributed by atoms with Crippen LogP contribution >= 0.6 is 34.9 Å². The molecule has 4 amide bonds.